The van der Waals surface area contributed by atoms with Gasteiger partial charge >= 0.3 is 0 Å². The van der Waals surface area contributed by atoms with Crippen molar-refractivity contribution < 1.29 is 5.11 Å². The van der Waals surface area contributed by atoms with E-state index in [9.17, 15) is 0 Å². The number of nitrogens with zero attached hydrogens (tertiary/aromatic N) is 2. The first kappa shape index (κ1) is 12.2. The van der Waals surface area contributed by atoms with Gasteiger partial charge in [0.25, 0.3) is 0 Å². The first-order valence-electron chi connectivity index (χ1n) is 5.48. The van der Waals surface area contributed by atoms with Crippen molar-refractivity contribution >= 4 is 11.6 Å². The molecule has 0 atom stereocenters. The number of alkyl halides is 1. The summed E-state index contributed by atoms with van der Waals surface area (Å²) in [6, 6.07) is 0. The van der Waals surface area contributed by atoms with Gasteiger partial charge in [-0.25, -0.2) is 0 Å². The summed E-state index contributed by atoms with van der Waals surface area (Å²) >= 11 is 5.65. The maximum absolute atomic E-state index is 8.71. The van der Waals surface area contributed by atoms with Crippen molar-refractivity contribution in [3.63, 3.8) is 0 Å². The predicted molar refractivity (Wildman–Crippen MR) is 59.9 cm³/mol. The fourth-order valence-corrected chi connectivity index (χ4v) is 1.93. The number of halogens is 1. The van der Waals surface area contributed by atoms with E-state index in [0.717, 1.165) is 58.0 Å². The van der Waals surface area contributed by atoms with E-state index in [2.05, 4.69) is 9.80 Å². The van der Waals surface area contributed by atoms with Crippen LogP contribution in [-0.2, 0) is 0 Å². The Labute approximate surface area is 91.6 Å². The van der Waals surface area contributed by atoms with Crippen molar-refractivity contribution in [1.29, 1.82) is 0 Å². The summed E-state index contributed by atoms with van der Waals surface area (Å²) in [5.74, 6) is 0.769. The van der Waals surface area contributed by atoms with Crippen LogP contribution < -0.4 is 0 Å². The van der Waals surface area contributed by atoms with E-state index in [1.807, 2.05) is 0 Å². The minimum atomic E-state index is 0.312. The summed E-state index contributed by atoms with van der Waals surface area (Å²) in [5.41, 5.74) is 0. The molecule has 0 unspecified atom stereocenters. The molecular formula is C10H21ClN2O. The third-order valence-electron chi connectivity index (χ3n) is 2.71. The molecule has 4 heteroatoms. The lowest BCUT2D eigenvalue weighted by Crippen LogP contribution is -2.46. The van der Waals surface area contributed by atoms with Gasteiger partial charge in [-0.2, -0.15) is 0 Å². The summed E-state index contributed by atoms with van der Waals surface area (Å²) in [4.78, 5) is 4.89. The molecule has 0 aromatic rings. The average Bonchev–Trinajstić information content (AvgIpc) is 2.25. The van der Waals surface area contributed by atoms with Crippen LogP contribution in [0.5, 0.6) is 0 Å². The third kappa shape index (κ3) is 4.60. The standard InChI is InChI=1S/C10H21ClN2O/c11-3-1-4-12-6-8-13(9-7-12)5-2-10-14/h14H,1-10H2. The lowest BCUT2D eigenvalue weighted by Gasteiger charge is -2.34. The maximum Gasteiger partial charge on any atom is 0.0443 e. The highest BCUT2D eigenvalue weighted by atomic mass is 35.5. The van der Waals surface area contributed by atoms with Gasteiger partial charge in [0.15, 0.2) is 0 Å². The van der Waals surface area contributed by atoms with Gasteiger partial charge in [0.2, 0.25) is 0 Å². The molecule has 1 rings (SSSR count). The molecule has 1 aliphatic rings. The quantitative estimate of drug-likeness (QED) is 0.665. The normalized spacial score (nSPS) is 20.1. The SMILES string of the molecule is OCCCN1CCN(CCCCl)CC1. The summed E-state index contributed by atoms with van der Waals surface area (Å²) < 4.78 is 0. The first-order chi connectivity index (χ1) is 6.86. The number of aliphatic hydroxyl groups excluding tert-OH is 1. The zero-order valence-electron chi connectivity index (χ0n) is 8.79. The van der Waals surface area contributed by atoms with E-state index in [1.165, 1.54) is 0 Å². The zero-order valence-corrected chi connectivity index (χ0v) is 9.55. The number of rotatable bonds is 6. The molecule has 0 aromatic heterocycles. The molecule has 14 heavy (non-hydrogen) atoms. The molecule has 1 aliphatic heterocycles. The summed E-state index contributed by atoms with van der Waals surface area (Å²) in [7, 11) is 0. The summed E-state index contributed by atoms with van der Waals surface area (Å²) in [6.07, 6.45) is 2.00. The molecule has 1 fully saturated rings. The van der Waals surface area contributed by atoms with Gasteiger partial charge in [0, 0.05) is 45.2 Å². The third-order valence-corrected chi connectivity index (χ3v) is 2.97. The Bertz CT molecular complexity index is 122. The van der Waals surface area contributed by atoms with E-state index >= 15 is 0 Å². The van der Waals surface area contributed by atoms with Crippen molar-refractivity contribution in [3.05, 3.63) is 0 Å². The Kier molecular flexibility index (Phi) is 6.52. The van der Waals surface area contributed by atoms with Crippen molar-refractivity contribution in [2.45, 2.75) is 12.8 Å². The summed E-state index contributed by atoms with van der Waals surface area (Å²) in [6.45, 7) is 7.08. The smallest absolute Gasteiger partial charge is 0.0443 e. The topological polar surface area (TPSA) is 26.7 Å². The first-order valence-corrected chi connectivity index (χ1v) is 6.02. The molecule has 0 spiro atoms. The van der Waals surface area contributed by atoms with Crippen LogP contribution in [0.1, 0.15) is 12.8 Å². The van der Waals surface area contributed by atoms with Gasteiger partial charge < -0.3 is 14.9 Å². The van der Waals surface area contributed by atoms with Crippen molar-refractivity contribution in [2.75, 3.05) is 51.8 Å². The number of hydrogen-bond donors (Lipinski definition) is 1. The van der Waals surface area contributed by atoms with Crippen LogP contribution in [0.4, 0.5) is 0 Å². The van der Waals surface area contributed by atoms with Gasteiger partial charge in [0.05, 0.1) is 0 Å². The van der Waals surface area contributed by atoms with Crippen LogP contribution in [-0.4, -0.2) is 66.7 Å². The lowest BCUT2D eigenvalue weighted by molar-refractivity contribution is 0.125. The fraction of sp³-hybridized carbons (Fsp3) is 1.00. The minimum absolute atomic E-state index is 0.312. The fourth-order valence-electron chi connectivity index (χ4n) is 1.81. The second-order valence-electron chi connectivity index (χ2n) is 3.80. The van der Waals surface area contributed by atoms with Crippen LogP contribution >= 0.6 is 11.6 Å². The largest absolute Gasteiger partial charge is 0.396 e. The van der Waals surface area contributed by atoms with Crippen LogP contribution in [0, 0.1) is 0 Å². The number of piperazine rings is 1. The molecule has 0 aliphatic carbocycles. The molecule has 84 valence electrons. The van der Waals surface area contributed by atoms with E-state index in [0.29, 0.717) is 6.61 Å². The summed E-state index contributed by atoms with van der Waals surface area (Å²) in [5, 5.41) is 8.71. The van der Waals surface area contributed by atoms with Crippen molar-refractivity contribution in [1.82, 2.24) is 9.80 Å². The Morgan fingerprint density at radius 2 is 1.43 bits per heavy atom. The molecule has 1 N–H and O–H groups in total. The van der Waals surface area contributed by atoms with Crippen molar-refractivity contribution in [3.8, 4) is 0 Å². The predicted octanol–water partition coefficient (Wildman–Crippen LogP) is 0.615. The maximum atomic E-state index is 8.71. The Morgan fingerprint density at radius 3 is 1.86 bits per heavy atom. The highest BCUT2D eigenvalue weighted by Crippen LogP contribution is 2.03. The van der Waals surface area contributed by atoms with E-state index in [4.69, 9.17) is 16.7 Å². The van der Waals surface area contributed by atoms with Crippen LogP contribution in [0.2, 0.25) is 0 Å². The van der Waals surface area contributed by atoms with Gasteiger partial charge in [-0.1, -0.05) is 0 Å². The highest BCUT2D eigenvalue weighted by molar-refractivity contribution is 6.17. The van der Waals surface area contributed by atoms with Crippen molar-refractivity contribution in [2.24, 2.45) is 0 Å². The van der Waals surface area contributed by atoms with E-state index in [1.54, 1.807) is 0 Å². The minimum Gasteiger partial charge on any atom is -0.396 e. The molecule has 3 nitrogen and oxygen atoms in total. The average molecular weight is 221 g/mol. The number of aliphatic hydroxyl groups is 1. The van der Waals surface area contributed by atoms with Crippen LogP contribution in [0.15, 0.2) is 0 Å². The van der Waals surface area contributed by atoms with Gasteiger partial charge in [0.1, 0.15) is 0 Å². The second kappa shape index (κ2) is 7.46. The molecule has 0 bridgehead atoms. The second-order valence-corrected chi connectivity index (χ2v) is 4.18. The van der Waals surface area contributed by atoms with Gasteiger partial charge in [-0.3, -0.25) is 0 Å². The Morgan fingerprint density at radius 1 is 0.929 bits per heavy atom. The molecule has 1 heterocycles. The Hall–Kier alpha value is 0.170. The molecule has 0 aromatic carbocycles. The lowest BCUT2D eigenvalue weighted by atomic mass is 10.3. The number of hydrogen-bond acceptors (Lipinski definition) is 3. The van der Waals surface area contributed by atoms with Crippen LogP contribution in [0.3, 0.4) is 0 Å². The van der Waals surface area contributed by atoms with E-state index in [-0.39, 0.29) is 0 Å². The zero-order chi connectivity index (χ0) is 10.2. The molecule has 0 radical (unpaired) electrons. The molecule has 1 saturated heterocycles. The Balaban J connectivity index is 2.05. The van der Waals surface area contributed by atoms with Gasteiger partial charge in [-0.05, 0) is 19.4 Å². The monoisotopic (exact) mass is 220 g/mol. The van der Waals surface area contributed by atoms with Gasteiger partial charge in [-0.15, -0.1) is 11.6 Å². The molecule has 0 saturated carbocycles. The van der Waals surface area contributed by atoms with E-state index < -0.39 is 0 Å². The molecular weight excluding hydrogens is 200 g/mol. The van der Waals surface area contributed by atoms with Crippen LogP contribution in [0.25, 0.3) is 0 Å². The molecule has 0 amide bonds. The highest BCUT2D eigenvalue weighted by Gasteiger charge is 2.15.